The van der Waals surface area contributed by atoms with Crippen LogP contribution in [0.4, 0.5) is 0 Å². The Bertz CT molecular complexity index is 749. The standard InChI is InChI=1S/C23H34N4O2.HI/c1-5-27(6-2)15-16-29-22-10-8-7-9-20(22)18-26-23(24-3)25-17-19-11-13-21(28-4)14-12-19;/h7-14H,5-6,15-18H2,1-4H3,(H2,24,25,26);1H. The van der Waals surface area contributed by atoms with Gasteiger partial charge in [-0.05, 0) is 36.9 Å². The average Bonchev–Trinajstić information content (AvgIpc) is 2.78. The van der Waals surface area contributed by atoms with E-state index in [9.17, 15) is 0 Å². The van der Waals surface area contributed by atoms with Crippen molar-refractivity contribution in [3.63, 3.8) is 0 Å². The van der Waals surface area contributed by atoms with E-state index in [0.717, 1.165) is 48.2 Å². The van der Waals surface area contributed by atoms with E-state index in [0.29, 0.717) is 19.7 Å². The molecular formula is C23H35IN4O2. The Hall–Kier alpha value is -2.00. The summed E-state index contributed by atoms with van der Waals surface area (Å²) in [7, 11) is 3.44. The number of methoxy groups -OCH3 is 1. The fourth-order valence-corrected chi connectivity index (χ4v) is 2.94. The van der Waals surface area contributed by atoms with Gasteiger partial charge < -0.3 is 25.0 Å². The van der Waals surface area contributed by atoms with Crippen molar-refractivity contribution in [3.05, 3.63) is 59.7 Å². The van der Waals surface area contributed by atoms with Crippen molar-refractivity contribution in [1.29, 1.82) is 0 Å². The Morgan fingerprint density at radius 1 is 0.967 bits per heavy atom. The van der Waals surface area contributed by atoms with Crippen molar-refractivity contribution in [1.82, 2.24) is 15.5 Å². The van der Waals surface area contributed by atoms with E-state index in [4.69, 9.17) is 9.47 Å². The molecule has 0 aliphatic heterocycles. The number of benzene rings is 2. The molecule has 0 aromatic heterocycles. The fourth-order valence-electron chi connectivity index (χ4n) is 2.94. The van der Waals surface area contributed by atoms with Gasteiger partial charge in [-0.3, -0.25) is 4.99 Å². The van der Waals surface area contributed by atoms with E-state index >= 15 is 0 Å². The second-order valence-corrected chi connectivity index (χ2v) is 6.61. The summed E-state index contributed by atoms with van der Waals surface area (Å²) < 4.78 is 11.2. The van der Waals surface area contributed by atoms with Crippen molar-refractivity contribution >= 4 is 29.9 Å². The molecule has 0 unspecified atom stereocenters. The molecule has 0 aliphatic carbocycles. The van der Waals surface area contributed by atoms with Crippen LogP contribution in [0, 0.1) is 0 Å². The van der Waals surface area contributed by atoms with E-state index < -0.39 is 0 Å². The lowest BCUT2D eigenvalue weighted by atomic mass is 10.2. The number of aliphatic imine (C=N–C) groups is 1. The van der Waals surface area contributed by atoms with E-state index in [1.165, 1.54) is 0 Å². The molecule has 2 aromatic rings. The second-order valence-electron chi connectivity index (χ2n) is 6.61. The van der Waals surface area contributed by atoms with Crippen LogP contribution in [0.3, 0.4) is 0 Å². The van der Waals surface area contributed by atoms with E-state index in [-0.39, 0.29) is 24.0 Å². The zero-order chi connectivity index (χ0) is 20.9. The minimum absolute atomic E-state index is 0. The van der Waals surface area contributed by atoms with E-state index in [1.807, 2.05) is 42.5 Å². The highest BCUT2D eigenvalue weighted by Gasteiger charge is 2.06. The predicted molar refractivity (Wildman–Crippen MR) is 135 cm³/mol. The smallest absolute Gasteiger partial charge is 0.191 e. The molecule has 0 amide bonds. The van der Waals surface area contributed by atoms with Gasteiger partial charge in [0.25, 0.3) is 0 Å². The van der Waals surface area contributed by atoms with Crippen LogP contribution >= 0.6 is 24.0 Å². The summed E-state index contributed by atoms with van der Waals surface area (Å²) in [6.45, 7) is 9.37. The zero-order valence-corrected chi connectivity index (χ0v) is 20.8. The Morgan fingerprint density at radius 3 is 2.27 bits per heavy atom. The number of ether oxygens (including phenoxy) is 2. The first-order chi connectivity index (χ1) is 14.2. The van der Waals surface area contributed by atoms with E-state index in [1.54, 1.807) is 14.2 Å². The predicted octanol–water partition coefficient (Wildman–Crippen LogP) is 3.90. The maximum Gasteiger partial charge on any atom is 0.191 e. The normalized spacial score (nSPS) is 11.0. The summed E-state index contributed by atoms with van der Waals surface area (Å²) in [6, 6.07) is 16.1. The van der Waals surface area contributed by atoms with Crippen LogP contribution in [0.15, 0.2) is 53.5 Å². The Balaban J connectivity index is 0.00000450. The number of nitrogens with zero attached hydrogens (tertiary/aromatic N) is 2. The van der Waals surface area contributed by atoms with Gasteiger partial charge in [-0.15, -0.1) is 24.0 Å². The summed E-state index contributed by atoms with van der Waals surface area (Å²) in [5.41, 5.74) is 2.27. The lowest BCUT2D eigenvalue weighted by molar-refractivity contribution is 0.221. The molecule has 0 aliphatic rings. The number of para-hydroxylation sites is 1. The van der Waals surface area contributed by atoms with Gasteiger partial charge in [-0.25, -0.2) is 0 Å². The molecule has 0 fully saturated rings. The van der Waals surface area contributed by atoms with Crippen molar-refractivity contribution in [2.24, 2.45) is 4.99 Å². The molecule has 30 heavy (non-hydrogen) atoms. The summed E-state index contributed by atoms with van der Waals surface area (Å²) in [4.78, 5) is 6.66. The Labute approximate surface area is 198 Å². The number of rotatable bonds is 11. The molecule has 0 radical (unpaired) electrons. The van der Waals surface area contributed by atoms with Crippen molar-refractivity contribution in [2.45, 2.75) is 26.9 Å². The van der Waals surface area contributed by atoms with Crippen LogP contribution in [0.1, 0.15) is 25.0 Å². The Kier molecular flexibility index (Phi) is 12.9. The molecule has 2 N–H and O–H groups in total. The molecule has 0 atom stereocenters. The maximum atomic E-state index is 6.03. The zero-order valence-electron chi connectivity index (χ0n) is 18.5. The van der Waals surface area contributed by atoms with Crippen LogP contribution < -0.4 is 20.1 Å². The molecule has 2 aromatic carbocycles. The molecule has 166 valence electrons. The highest BCUT2D eigenvalue weighted by Crippen LogP contribution is 2.17. The second kappa shape index (κ2) is 14.9. The summed E-state index contributed by atoms with van der Waals surface area (Å²) in [6.07, 6.45) is 0. The van der Waals surface area contributed by atoms with Crippen molar-refractivity contribution in [2.75, 3.05) is 40.4 Å². The van der Waals surface area contributed by atoms with Crippen LogP contribution in [0.25, 0.3) is 0 Å². The molecule has 0 heterocycles. The molecule has 6 nitrogen and oxygen atoms in total. The number of guanidine groups is 1. The SMILES string of the molecule is CCN(CC)CCOc1ccccc1CNC(=NC)NCc1ccc(OC)cc1.I. The quantitative estimate of drug-likeness (QED) is 0.264. The number of likely N-dealkylation sites (N-methyl/N-ethyl adjacent to an activating group) is 1. The third-order valence-corrected chi connectivity index (χ3v) is 4.82. The minimum atomic E-state index is 0. The molecular weight excluding hydrogens is 491 g/mol. The third kappa shape index (κ3) is 8.79. The summed E-state index contributed by atoms with van der Waals surface area (Å²) >= 11 is 0. The monoisotopic (exact) mass is 526 g/mol. The fraction of sp³-hybridized carbons (Fsp3) is 0.435. The molecule has 7 heteroatoms. The van der Waals surface area contributed by atoms with Gasteiger partial charge in [0, 0.05) is 32.2 Å². The van der Waals surface area contributed by atoms with E-state index in [2.05, 4.69) is 40.4 Å². The molecule has 2 rings (SSSR count). The lowest BCUT2D eigenvalue weighted by Gasteiger charge is -2.19. The van der Waals surface area contributed by atoms with Crippen LogP contribution in [-0.4, -0.2) is 51.3 Å². The number of hydrogen-bond donors (Lipinski definition) is 2. The average molecular weight is 526 g/mol. The first-order valence-electron chi connectivity index (χ1n) is 10.2. The van der Waals surface area contributed by atoms with Crippen molar-refractivity contribution < 1.29 is 9.47 Å². The number of nitrogens with one attached hydrogen (secondary N) is 2. The third-order valence-electron chi connectivity index (χ3n) is 4.82. The maximum absolute atomic E-state index is 6.03. The lowest BCUT2D eigenvalue weighted by Crippen LogP contribution is -2.36. The molecule has 0 bridgehead atoms. The van der Waals surface area contributed by atoms with Gasteiger partial charge in [-0.1, -0.05) is 44.2 Å². The first-order valence-corrected chi connectivity index (χ1v) is 10.2. The van der Waals surface area contributed by atoms with Crippen molar-refractivity contribution in [3.8, 4) is 11.5 Å². The first kappa shape index (κ1) is 26.0. The van der Waals surface area contributed by atoms with Gasteiger partial charge in [0.1, 0.15) is 18.1 Å². The van der Waals surface area contributed by atoms with Crippen LogP contribution in [0.5, 0.6) is 11.5 Å². The molecule has 0 spiro atoms. The van der Waals surface area contributed by atoms with Gasteiger partial charge in [0.15, 0.2) is 5.96 Å². The minimum Gasteiger partial charge on any atom is -0.497 e. The Morgan fingerprint density at radius 2 is 1.63 bits per heavy atom. The number of halogens is 1. The van der Waals surface area contributed by atoms with Gasteiger partial charge in [-0.2, -0.15) is 0 Å². The topological polar surface area (TPSA) is 58.1 Å². The van der Waals surface area contributed by atoms with Gasteiger partial charge in [0.05, 0.1) is 7.11 Å². The molecule has 0 saturated carbocycles. The summed E-state index contributed by atoms with van der Waals surface area (Å²) in [5, 5.41) is 6.70. The van der Waals surface area contributed by atoms with Crippen LogP contribution in [-0.2, 0) is 13.1 Å². The van der Waals surface area contributed by atoms with Gasteiger partial charge in [0.2, 0.25) is 0 Å². The number of hydrogen-bond acceptors (Lipinski definition) is 4. The summed E-state index contributed by atoms with van der Waals surface area (Å²) in [5.74, 6) is 2.52. The van der Waals surface area contributed by atoms with Gasteiger partial charge >= 0.3 is 0 Å². The molecule has 0 saturated heterocycles. The highest BCUT2D eigenvalue weighted by molar-refractivity contribution is 14.0. The highest BCUT2D eigenvalue weighted by atomic mass is 127. The van der Waals surface area contributed by atoms with Crippen LogP contribution in [0.2, 0.25) is 0 Å². The largest absolute Gasteiger partial charge is 0.497 e.